The highest BCUT2D eigenvalue weighted by molar-refractivity contribution is 5.94. The highest BCUT2D eigenvalue weighted by atomic mass is 16.4. The Hall–Kier alpha value is -2.21. The van der Waals surface area contributed by atoms with E-state index >= 15 is 0 Å². The van der Waals surface area contributed by atoms with Crippen molar-refractivity contribution < 1.29 is 9.21 Å². The largest absolute Gasteiger partial charge is 0.421 e. The summed E-state index contributed by atoms with van der Waals surface area (Å²) in [6.07, 6.45) is 0.412. The quantitative estimate of drug-likeness (QED) is 0.853. The van der Waals surface area contributed by atoms with Crippen LogP contribution in [0.4, 0.5) is 5.69 Å². The average Bonchev–Trinajstić information content (AvgIpc) is 2.85. The first-order valence-electron chi connectivity index (χ1n) is 6.99. The molecular formula is C15H20N4O2. The molecule has 0 atom stereocenters. The molecule has 112 valence electrons. The summed E-state index contributed by atoms with van der Waals surface area (Å²) >= 11 is 0. The van der Waals surface area contributed by atoms with Crippen LogP contribution in [0, 0.1) is 6.92 Å². The number of hydrogen-bond donors (Lipinski definition) is 2. The van der Waals surface area contributed by atoms with Crippen LogP contribution in [-0.4, -0.2) is 28.7 Å². The molecule has 0 bridgehead atoms. The van der Waals surface area contributed by atoms with E-state index in [2.05, 4.69) is 20.8 Å². The molecule has 0 aliphatic heterocycles. The van der Waals surface area contributed by atoms with E-state index < -0.39 is 0 Å². The van der Waals surface area contributed by atoms with Gasteiger partial charge in [0.1, 0.15) is 0 Å². The molecule has 0 saturated heterocycles. The Balaban J connectivity index is 2.05. The van der Waals surface area contributed by atoms with Crippen molar-refractivity contribution in [3.63, 3.8) is 0 Å². The molecule has 1 aromatic heterocycles. The van der Waals surface area contributed by atoms with Crippen molar-refractivity contribution in [3.05, 3.63) is 30.2 Å². The van der Waals surface area contributed by atoms with Crippen molar-refractivity contribution in [1.82, 2.24) is 15.5 Å². The van der Waals surface area contributed by atoms with E-state index in [1.54, 1.807) is 6.92 Å². The lowest BCUT2D eigenvalue weighted by molar-refractivity contribution is -0.116. The highest BCUT2D eigenvalue weighted by Crippen LogP contribution is 2.26. The van der Waals surface area contributed by atoms with Crippen LogP contribution in [0.2, 0.25) is 0 Å². The average molecular weight is 288 g/mol. The number of aryl methyl sites for hydroxylation is 1. The first-order valence-corrected chi connectivity index (χ1v) is 6.99. The summed E-state index contributed by atoms with van der Waals surface area (Å²) in [6, 6.07) is 7.75. The number of carbonyl (C=O) groups excluding carboxylic acids is 1. The third kappa shape index (κ3) is 4.39. The number of amides is 1. The van der Waals surface area contributed by atoms with Gasteiger partial charge in [-0.25, -0.2) is 0 Å². The summed E-state index contributed by atoms with van der Waals surface area (Å²) in [5.74, 6) is 0.850. The van der Waals surface area contributed by atoms with Gasteiger partial charge in [0.25, 0.3) is 0 Å². The second-order valence-corrected chi connectivity index (χ2v) is 5.08. The van der Waals surface area contributed by atoms with E-state index in [0.717, 1.165) is 5.56 Å². The number of nitrogens with zero attached hydrogens (tertiary/aromatic N) is 2. The smallest absolute Gasteiger partial charge is 0.249 e. The maximum atomic E-state index is 12.0. The number of benzene rings is 1. The van der Waals surface area contributed by atoms with Crippen LogP contribution in [0.3, 0.4) is 0 Å². The van der Waals surface area contributed by atoms with Crippen molar-refractivity contribution in [1.29, 1.82) is 0 Å². The zero-order valence-electron chi connectivity index (χ0n) is 12.5. The van der Waals surface area contributed by atoms with Crippen molar-refractivity contribution in [2.24, 2.45) is 0 Å². The SMILES string of the molecule is Cc1nnc(-c2ccccc2NC(=O)CCNC(C)C)o1. The Kier molecular flexibility index (Phi) is 5.05. The molecule has 0 radical (unpaired) electrons. The van der Waals surface area contributed by atoms with Gasteiger partial charge in [-0.2, -0.15) is 0 Å². The van der Waals surface area contributed by atoms with Gasteiger partial charge in [0.15, 0.2) is 0 Å². The summed E-state index contributed by atoms with van der Waals surface area (Å²) in [6.45, 7) is 6.47. The van der Waals surface area contributed by atoms with E-state index in [9.17, 15) is 4.79 Å². The van der Waals surface area contributed by atoms with Crippen LogP contribution in [0.5, 0.6) is 0 Å². The topological polar surface area (TPSA) is 80.0 Å². The van der Waals surface area contributed by atoms with Crippen LogP contribution < -0.4 is 10.6 Å². The van der Waals surface area contributed by atoms with Gasteiger partial charge >= 0.3 is 0 Å². The second-order valence-electron chi connectivity index (χ2n) is 5.08. The van der Waals surface area contributed by atoms with Crippen molar-refractivity contribution in [2.75, 3.05) is 11.9 Å². The van der Waals surface area contributed by atoms with Crippen LogP contribution in [-0.2, 0) is 4.79 Å². The molecule has 6 heteroatoms. The van der Waals surface area contributed by atoms with Crippen molar-refractivity contribution in [2.45, 2.75) is 33.2 Å². The molecule has 2 N–H and O–H groups in total. The van der Waals surface area contributed by atoms with E-state index in [0.29, 0.717) is 36.5 Å². The van der Waals surface area contributed by atoms with Gasteiger partial charge in [-0.3, -0.25) is 4.79 Å². The monoisotopic (exact) mass is 288 g/mol. The maximum Gasteiger partial charge on any atom is 0.249 e. The number of para-hydroxylation sites is 1. The van der Waals surface area contributed by atoms with E-state index in [1.165, 1.54) is 0 Å². The Morgan fingerprint density at radius 1 is 1.29 bits per heavy atom. The molecule has 0 spiro atoms. The first-order chi connectivity index (χ1) is 10.1. The Morgan fingerprint density at radius 3 is 2.71 bits per heavy atom. The van der Waals surface area contributed by atoms with Crippen molar-refractivity contribution in [3.8, 4) is 11.5 Å². The number of aromatic nitrogens is 2. The molecule has 1 heterocycles. The third-order valence-corrected chi connectivity index (χ3v) is 2.86. The fraction of sp³-hybridized carbons (Fsp3) is 0.400. The molecule has 0 saturated carbocycles. The van der Waals surface area contributed by atoms with E-state index in [4.69, 9.17) is 4.42 Å². The normalized spacial score (nSPS) is 10.9. The number of nitrogens with one attached hydrogen (secondary N) is 2. The van der Waals surface area contributed by atoms with Gasteiger partial charge in [-0.15, -0.1) is 10.2 Å². The molecule has 2 rings (SSSR count). The fourth-order valence-electron chi connectivity index (χ4n) is 1.87. The van der Waals surface area contributed by atoms with Crippen LogP contribution in [0.25, 0.3) is 11.5 Å². The lowest BCUT2D eigenvalue weighted by Crippen LogP contribution is -2.27. The first kappa shape index (κ1) is 15.2. The van der Waals surface area contributed by atoms with E-state index in [-0.39, 0.29) is 5.91 Å². The predicted octanol–water partition coefficient (Wildman–Crippen LogP) is 2.37. The van der Waals surface area contributed by atoms with Crippen LogP contribution >= 0.6 is 0 Å². The zero-order chi connectivity index (χ0) is 15.2. The Morgan fingerprint density at radius 2 is 2.05 bits per heavy atom. The molecule has 0 unspecified atom stereocenters. The molecule has 21 heavy (non-hydrogen) atoms. The number of carbonyl (C=O) groups is 1. The molecular weight excluding hydrogens is 268 g/mol. The lowest BCUT2D eigenvalue weighted by atomic mass is 10.1. The second kappa shape index (κ2) is 6.99. The fourth-order valence-corrected chi connectivity index (χ4v) is 1.87. The zero-order valence-corrected chi connectivity index (χ0v) is 12.5. The van der Waals surface area contributed by atoms with E-state index in [1.807, 2.05) is 38.1 Å². The van der Waals surface area contributed by atoms with Crippen LogP contribution in [0.15, 0.2) is 28.7 Å². The third-order valence-electron chi connectivity index (χ3n) is 2.86. The molecule has 1 amide bonds. The summed E-state index contributed by atoms with van der Waals surface area (Å²) in [4.78, 5) is 12.0. The van der Waals surface area contributed by atoms with Gasteiger partial charge < -0.3 is 15.1 Å². The predicted molar refractivity (Wildman–Crippen MR) is 80.9 cm³/mol. The Labute approximate surface area is 124 Å². The molecule has 2 aromatic rings. The molecule has 6 nitrogen and oxygen atoms in total. The van der Waals surface area contributed by atoms with Crippen LogP contribution in [0.1, 0.15) is 26.2 Å². The summed E-state index contributed by atoms with van der Waals surface area (Å²) in [7, 11) is 0. The molecule has 0 aliphatic rings. The summed E-state index contributed by atoms with van der Waals surface area (Å²) in [5, 5.41) is 13.9. The van der Waals surface area contributed by atoms with Gasteiger partial charge in [0.05, 0.1) is 11.3 Å². The summed E-state index contributed by atoms with van der Waals surface area (Å²) in [5.41, 5.74) is 1.40. The molecule has 1 aromatic carbocycles. The minimum Gasteiger partial charge on any atom is -0.421 e. The number of anilines is 1. The molecule has 0 fully saturated rings. The van der Waals surface area contributed by atoms with Gasteiger partial charge in [-0.1, -0.05) is 26.0 Å². The molecule has 0 aliphatic carbocycles. The van der Waals surface area contributed by atoms with Gasteiger partial charge in [0, 0.05) is 25.9 Å². The summed E-state index contributed by atoms with van der Waals surface area (Å²) < 4.78 is 5.42. The van der Waals surface area contributed by atoms with Gasteiger partial charge in [-0.05, 0) is 12.1 Å². The number of hydrogen-bond acceptors (Lipinski definition) is 5. The Bertz CT molecular complexity index is 607. The van der Waals surface area contributed by atoms with Gasteiger partial charge in [0.2, 0.25) is 17.7 Å². The van der Waals surface area contributed by atoms with Crippen molar-refractivity contribution >= 4 is 11.6 Å². The highest BCUT2D eigenvalue weighted by Gasteiger charge is 2.12. The minimum absolute atomic E-state index is 0.0492. The maximum absolute atomic E-state index is 12.0. The number of rotatable bonds is 6. The minimum atomic E-state index is -0.0492. The standard InChI is InChI=1S/C15H20N4O2/c1-10(2)16-9-8-14(20)17-13-7-5-4-6-12(13)15-19-18-11(3)21-15/h4-7,10,16H,8-9H2,1-3H3,(H,17,20). The lowest BCUT2D eigenvalue weighted by Gasteiger charge is -2.10.